The van der Waals surface area contributed by atoms with Gasteiger partial charge in [-0.15, -0.1) is 0 Å². The molecule has 0 aliphatic carbocycles. The third kappa shape index (κ3) is 3.96. The fraction of sp³-hybridized carbons (Fsp3) is 0.429. The molecular formula is C14H18O2. The summed E-state index contributed by atoms with van der Waals surface area (Å²) in [6.45, 7) is 4.79. The summed E-state index contributed by atoms with van der Waals surface area (Å²) in [4.78, 5) is 0. The van der Waals surface area contributed by atoms with Crippen LogP contribution in [0.4, 0.5) is 0 Å². The molecular weight excluding hydrogens is 200 g/mol. The van der Waals surface area contributed by atoms with Crippen molar-refractivity contribution in [2.45, 2.75) is 26.7 Å². The normalized spacial score (nSPS) is 9.44. The summed E-state index contributed by atoms with van der Waals surface area (Å²) in [6, 6.07) is 5.83. The largest absolute Gasteiger partial charge is 0.494 e. The molecule has 0 spiro atoms. The Morgan fingerprint density at radius 3 is 2.81 bits per heavy atom. The lowest BCUT2D eigenvalue weighted by atomic mass is 10.1. The van der Waals surface area contributed by atoms with Crippen molar-refractivity contribution in [1.29, 1.82) is 0 Å². The van der Waals surface area contributed by atoms with Gasteiger partial charge in [0.15, 0.2) is 0 Å². The van der Waals surface area contributed by atoms with E-state index in [9.17, 15) is 0 Å². The number of aryl methyl sites for hydroxylation is 1. The molecule has 16 heavy (non-hydrogen) atoms. The zero-order valence-corrected chi connectivity index (χ0v) is 9.92. The minimum Gasteiger partial charge on any atom is -0.494 e. The third-order valence-corrected chi connectivity index (χ3v) is 2.27. The van der Waals surface area contributed by atoms with E-state index in [0.29, 0.717) is 0 Å². The number of hydrogen-bond donors (Lipinski definition) is 1. The fourth-order valence-corrected chi connectivity index (χ4v) is 1.34. The first-order valence-electron chi connectivity index (χ1n) is 5.61. The van der Waals surface area contributed by atoms with Crippen molar-refractivity contribution >= 4 is 0 Å². The van der Waals surface area contributed by atoms with Gasteiger partial charge in [-0.2, -0.15) is 0 Å². The van der Waals surface area contributed by atoms with Crippen molar-refractivity contribution in [1.82, 2.24) is 0 Å². The topological polar surface area (TPSA) is 29.5 Å². The second-order valence-electron chi connectivity index (χ2n) is 3.64. The van der Waals surface area contributed by atoms with Crippen LogP contribution in [0.1, 0.15) is 30.9 Å². The van der Waals surface area contributed by atoms with E-state index < -0.39 is 0 Å². The lowest BCUT2D eigenvalue weighted by molar-refractivity contribution is 0.309. The monoisotopic (exact) mass is 218 g/mol. The van der Waals surface area contributed by atoms with Gasteiger partial charge in [-0.25, -0.2) is 0 Å². The van der Waals surface area contributed by atoms with E-state index in [2.05, 4.69) is 18.8 Å². The Morgan fingerprint density at radius 1 is 1.38 bits per heavy atom. The van der Waals surface area contributed by atoms with Gasteiger partial charge in [0.05, 0.1) is 6.61 Å². The first-order valence-corrected chi connectivity index (χ1v) is 5.61. The molecule has 2 heteroatoms. The van der Waals surface area contributed by atoms with E-state index in [0.717, 1.165) is 36.3 Å². The Morgan fingerprint density at radius 2 is 2.19 bits per heavy atom. The molecule has 0 aromatic heterocycles. The average molecular weight is 218 g/mol. The summed E-state index contributed by atoms with van der Waals surface area (Å²) in [5, 5.41) is 8.62. The third-order valence-electron chi connectivity index (χ3n) is 2.27. The fourth-order valence-electron chi connectivity index (χ4n) is 1.34. The highest BCUT2D eigenvalue weighted by Crippen LogP contribution is 2.16. The molecule has 0 fully saturated rings. The van der Waals surface area contributed by atoms with Crippen molar-refractivity contribution in [2.75, 3.05) is 13.2 Å². The van der Waals surface area contributed by atoms with Crippen LogP contribution >= 0.6 is 0 Å². The zero-order chi connectivity index (χ0) is 11.8. The number of benzene rings is 1. The lowest BCUT2D eigenvalue weighted by Crippen LogP contribution is -1.97. The summed E-state index contributed by atoms with van der Waals surface area (Å²) < 4.78 is 5.59. The van der Waals surface area contributed by atoms with Crippen LogP contribution in [0.15, 0.2) is 18.2 Å². The minimum atomic E-state index is -0.103. The van der Waals surface area contributed by atoms with Crippen LogP contribution in [-0.2, 0) is 0 Å². The molecule has 1 aromatic carbocycles. The maximum atomic E-state index is 8.62. The molecule has 0 unspecified atom stereocenters. The van der Waals surface area contributed by atoms with Crippen LogP contribution in [0.5, 0.6) is 5.75 Å². The van der Waals surface area contributed by atoms with E-state index in [-0.39, 0.29) is 6.61 Å². The van der Waals surface area contributed by atoms with Gasteiger partial charge >= 0.3 is 0 Å². The second kappa shape index (κ2) is 6.92. The van der Waals surface area contributed by atoms with Crippen LogP contribution in [0, 0.1) is 18.8 Å². The molecule has 0 radical (unpaired) electrons. The molecule has 0 saturated carbocycles. The van der Waals surface area contributed by atoms with Crippen molar-refractivity contribution in [3.05, 3.63) is 29.3 Å². The smallest absolute Gasteiger partial charge is 0.119 e. The first-order chi connectivity index (χ1) is 7.77. The molecule has 0 heterocycles. The van der Waals surface area contributed by atoms with Crippen molar-refractivity contribution in [3.63, 3.8) is 0 Å². The molecule has 0 aliphatic rings. The minimum absolute atomic E-state index is 0.103. The van der Waals surface area contributed by atoms with E-state index in [4.69, 9.17) is 9.84 Å². The van der Waals surface area contributed by atoms with Crippen molar-refractivity contribution in [3.8, 4) is 17.6 Å². The number of hydrogen-bond acceptors (Lipinski definition) is 2. The Labute approximate surface area is 97.3 Å². The van der Waals surface area contributed by atoms with Crippen LogP contribution in [0.2, 0.25) is 0 Å². The van der Waals surface area contributed by atoms with Crippen molar-refractivity contribution in [2.24, 2.45) is 0 Å². The summed E-state index contributed by atoms with van der Waals surface area (Å²) in [5.41, 5.74) is 2.02. The standard InChI is InChI=1S/C14H18O2/c1-3-4-10-16-14-8-7-13(6-5-9-15)12(2)11-14/h7-8,11,15H,3-4,9-10H2,1-2H3. The highest BCUT2D eigenvalue weighted by Gasteiger charge is 1.98. The molecule has 0 atom stereocenters. The van der Waals surface area contributed by atoms with E-state index in [1.165, 1.54) is 0 Å². The van der Waals surface area contributed by atoms with Crippen LogP contribution < -0.4 is 4.74 Å². The van der Waals surface area contributed by atoms with Gasteiger partial charge in [-0.3, -0.25) is 0 Å². The van der Waals surface area contributed by atoms with Gasteiger partial charge in [0.25, 0.3) is 0 Å². The Kier molecular flexibility index (Phi) is 5.45. The first kappa shape index (κ1) is 12.6. The highest BCUT2D eigenvalue weighted by atomic mass is 16.5. The lowest BCUT2D eigenvalue weighted by Gasteiger charge is -2.06. The number of rotatable bonds is 4. The molecule has 0 bridgehead atoms. The molecule has 0 aliphatic heterocycles. The van der Waals surface area contributed by atoms with E-state index >= 15 is 0 Å². The highest BCUT2D eigenvalue weighted by molar-refractivity contribution is 5.44. The number of ether oxygens (including phenoxy) is 1. The van der Waals surface area contributed by atoms with Crippen molar-refractivity contribution < 1.29 is 9.84 Å². The van der Waals surface area contributed by atoms with Crippen LogP contribution in [0.25, 0.3) is 0 Å². The van der Waals surface area contributed by atoms with Gasteiger partial charge in [-0.05, 0) is 37.1 Å². The van der Waals surface area contributed by atoms with Gasteiger partial charge in [0.1, 0.15) is 12.4 Å². The van der Waals surface area contributed by atoms with Gasteiger partial charge in [-0.1, -0.05) is 25.2 Å². The molecule has 0 saturated heterocycles. The summed E-state index contributed by atoms with van der Waals surface area (Å²) in [6.07, 6.45) is 2.21. The quantitative estimate of drug-likeness (QED) is 0.621. The SMILES string of the molecule is CCCCOc1ccc(C#CCO)c(C)c1. The zero-order valence-electron chi connectivity index (χ0n) is 9.92. The maximum Gasteiger partial charge on any atom is 0.119 e. The molecule has 1 rings (SSSR count). The summed E-state index contributed by atoms with van der Waals surface area (Å²) in [7, 11) is 0. The Balaban J connectivity index is 2.67. The second-order valence-corrected chi connectivity index (χ2v) is 3.64. The van der Waals surface area contributed by atoms with Gasteiger partial charge < -0.3 is 9.84 Å². The molecule has 2 nitrogen and oxygen atoms in total. The predicted molar refractivity (Wildman–Crippen MR) is 65.5 cm³/mol. The van der Waals surface area contributed by atoms with E-state index in [1.807, 2.05) is 25.1 Å². The Bertz CT molecular complexity index is 385. The number of unbranched alkanes of at least 4 members (excludes halogenated alkanes) is 1. The molecule has 1 N–H and O–H groups in total. The van der Waals surface area contributed by atoms with E-state index in [1.54, 1.807) is 0 Å². The molecule has 86 valence electrons. The summed E-state index contributed by atoms with van der Waals surface area (Å²) in [5.74, 6) is 6.43. The van der Waals surface area contributed by atoms with Gasteiger partial charge in [0, 0.05) is 5.56 Å². The molecule has 1 aromatic rings. The molecule has 0 amide bonds. The summed E-state index contributed by atoms with van der Waals surface area (Å²) >= 11 is 0. The van der Waals surface area contributed by atoms with Crippen LogP contribution in [-0.4, -0.2) is 18.3 Å². The number of aliphatic hydroxyl groups is 1. The van der Waals surface area contributed by atoms with Gasteiger partial charge in [0.2, 0.25) is 0 Å². The number of aliphatic hydroxyl groups excluding tert-OH is 1. The Hall–Kier alpha value is -1.46. The van der Waals surface area contributed by atoms with Crippen LogP contribution in [0.3, 0.4) is 0 Å². The average Bonchev–Trinajstić information content (AvgIpc) is 2.28. The maximum absolute atomic E-state index is 8.62. The predicted octanol–water partition coefficient (Wildman–Crippen LogP) is 2.52.